The zero-order valence-corrected chi connectivity index (χ0v) is 13.3. The molecule has 1 aliphatic carbocycles. The third-order valence-electron chi connectivity index (χ3n) is 4.14. The van der Waals surface area contributed by atoms with Gasteiger partial charge in [0.25, 0.3) is 5.91 Å². The van der Waals surface area contributed by atoms with Crippen LogP contribution in [0.5, 0.6) is 0 Å². The summed E-state index contributed by atoms with van der Waals surface area (Å²) >= 11 is 0. The topological polar surface area (TPSA) is 94.0 Å². The maximum Gasteiger partial charge on any atom is 0.253 e. The van der Waals surface area contributed by atoms with Gasteiger partial charge in [-0.1, -0.05) is 31.4 Å². The smallest absolute Gasteiger partial charge is 0.253 e. The second kappa shape index (κ2) is 7.63. The molecule has 0 aliphatic heterocycles. The molecule has 1 aromatic carbocycles. The van der Waals surface area contributed by atoms with Crippen LogP contribution in [-0.4, -0.2) is 30.9 Å². The molecule has 1 saturated carbocycles. The van der Waals surface area contributed by atoms with E-state index in [1.807, 2.05) is 0 Å². The highest BCUT2D eigenvalue weighted by atomic mass is 16.2. The molecule has 1 aromatic rings. The minimum absolute atomic E-state index is 0.0252. The number of nitrogens with one attached hydrogen (secondary N) is 3. The van der Waals surface area contributed by atoms with Crippen molar-refractivity contribution in [1.82, 2.24) is 10.6 Å². The number of anilines is 1. The minimum Gasteiger partial charge on any atom is -0.376 e. The molecular formula is C17H22N4O2. The Hall–Kier alpha value is -2.55. The van der Waals surface area contributed by atoms with Crippen molar-refractivity contribution in [2.75, 3.05) is 18.9 Å². The number of rotatable bonds is 5. The van der Waals surface area contributed by atoms with Gasteiger partial charge in [-0.05, 0) is 25.0 Å². The Morgan fingerprint density at radius 3 is 2.57 bits per heavy atom. The number of hydrogen-bond donors (Lipinski definition) is 3. The van der Waals surface area contributed by atoms with Crippen molar-refractivity contribution >= 4 is 17.5 Å². The molecule has 0 heterocycles. The number of carbonyl (C=O) groups excluding carboxylic acids is 2. The molecule has 23 heavy (non-hydrogen) atoms. The Kier molecular flexibility index (Phi) is 5.58. The molecule has 0 radical (unpaired) electrons. The van der Waals surface area contributed by atoms with Crippen LogP contribution in [0.15, 0.2) is 24.3 Å². The van der Waals surface area contributed by atoms with E-state index in [-0.39, 0.29) is 18.4 Å². The Balaban J connectivity index is 1.97. The molecule has 6 heteroatoms. The molecule has 3 N–H and O–H groups in total. The number of para-hydroxylation sites is 1. The number of carbonyl (C=O) groups is 2. The number of benzene rings is 1. The van der Waals surface area contributed by atoms with Crippen LogP contribution in [0.2, 0.25) is 0 Å². The van der Waals surface area contributed by atoms with Crippen LogP contribution < -0.4 is 16.0 Å². The van der Waals surface area contributed by atoms with Gasteiger partial charge in [0.05, 0.1) is 18.2 Å². The second-order valence-electron chi connectivity index (χ2n) is 5.78. The van der Waals surface area contributed by atoms with Crippen LogP contribution >= 0.6 is 0 Å². The lowest BCUT2D eigenvalue weighted by molar-refractivity contribution is -0.121. The Morgan fingerprint density at radius 2 is 1.91 bits per heavy atom. The summed E-state index contributed by atoms with van der Waals surface area (Å²) < 4.78 is 0. The molecule has 122 valence electrons. The highest BCUT2D eigenvalue weighted by molar-refractivity contribution is 5.99. The highest BCUT2D eigenvalue weighted by Crippen LogP contribution is 2.27. The van der Waals surface area contributed by atoms with Crippen molar-refractivity contribution in [1.29, 1.82) is 5.26 Å². The van der Waals surface area contributed by atoms with Crippen LogP contribution in [0.25, 0.3) is 0 Å². The van der Waals surface area contributed by atoms with Crippen LogP contribution in [0.3, 0.4) is 0 Å². The fourth-order valence-electron chi connectivity index (χ4n) is 2.88. The molecule has 0 saturated heterocycles. The number of nitrogens with zero attached hydrogens (tertiary/aromatic N) is 1. The molecular weight excluding hydrogens is 292 g/mol. The van der Waals surface area contributed by atoms with Gasteiger partial charge in [0.1, 0.15) is 5.54 Å². The fourth-order valence-corrected chi connectivity index (χ4v) is 2.88. The van der Waals surface area contributed by atoms with Gasteiger partial charge in [-0.15, -0.1) is 0 Å². The van der Waals surface area contributed by atoms with Crippen LogP contribution in [0.1, 0.15) is 42.5 Å². The molecule has 0 aromatic heterocycles. The summed E-state index contributed by atoms with van der Waals surface area (Å²) in [6.07, 6.45) is 4.42. The minimum atomic E-state index is -0.739. The monoisotopic (exact) mass is 314 g/mol. The maximum absolute atomic E-state index is 12.2. The van der Waals surface area contributed by atoms with E-state index in [0.717, 1.165) is 19.3 Å². The summed E-state index contributed by atoms with van der Waals surface area (Å²) in [5, 5.41) is 17.8. The molecule has 0 spiro atoms. The van der Waals surface area contributed by atoms with E-state index in [4.69, 9.17) is 0 Å². The zero-order chi connectivity index (χ0) is 16.7. The molecule has 0 unspecified atom stereocenters. The van der Waals surface area contributed by atoms with Gasteiger partial charge in [0.2, 0.25) is 5.91 Å². The van der Waals surface area contributed by atoms with Crippen molar-refractivity contribution in [2.24, 2.45) is 0 Å². The van der Waals surface area contributed by atoms with Gasteiger partial charge in [0.15, 0.2) is 0 Å². The van der Waals surface area contributed by atoms with Gasteiger partial charge in [-0.2, -0.15) is 5.26 Å². The van der Waals surface area contributed by atoms with Crippen molar-refractivity contribution in [3.63, 3.8) is 0 Å². The van der Waals surface area contributed by atoms with E-state index >= 15 is 0 Å². The maximum atomic E-state index is 12.2. The van der Waals surface area contributed by atoms with Gasteiger partial charge < -0.3 is 16.0 Å². The molecule has 2 amide bonds. The quantitative estimate of drug-likeness (QED) is 0.772. The van der Waals surface area contributed by atoms with Crippen LogP contribution in [0.4, 0.5) is 5.69 Å². The molecule has 2 rings (SSSR count). The Labute approximate surface area is 136 Å². The summed E-state index contributed by atoms with van der Waals surface area (Å²) in [7, 11) is 1.56. The van der Waals surface area contributed by atoms with E-state index < -0.39 is 5.54 Å². The van der Waals surface area contributed by atoms with E-state index in [0.29, 0.717) is 24.1 Å². The molecule has 0 atom stereocenters. The molecule has 0 bridgehead atoms. The first-order valence-electron chi connectivity index (χ1n) is 7.87. The SMILES string of the molecule is CNC(=O)c1ccccc1NCC(=O)NC1(C#N)CCCCC1. The van der Waals surface area contributed by atoms with Crippen molar-refractivity contribution in [3.05, 3.63) is 29.8 Å². The lowest BCUT2D eigenvalue weighted by Crippen LogP contribution is -2.50. The average molecular weight is 314 g/mol. The summed E-state index contributed by atoms with van der Waals surface area (Å²) in [6.45, 7) is 0.0252. The van der Waals surface area contributed by atoms with E-state index in [1.54, 1.807) is 31.3 Å². The van der Waals surface area contributed by atoms with Crippen molar-refractivity contribution in [2.45, 2.75) is 37.6 Å². The number of amides is 2. The zero-order valence-electron chi connectivity index (χ0n) is 13.3. The van der Waals surface area contributed by atoms with Crippen LogP contribution in [-0.2, 0) is 4.79 Å². The summed E-state index contributed by atoms with van der Waals surface area (Å²) in [5.41, 5.74) is 0.337. The first kappa shape index (κ1) is 16.8. The first-order chi connectivity index (χ1) is 11.1. The Morgan fingerprint density at radius 1 is 1.22 bits per heavy atom. The third-order valence-corrected chi connectivity index (χ3v) is 4.14. The van der Waals surface area contributed by atoms with Crippen LogP contribution in [0, 0.1) is 11.3 Å². The van der Waals surface area contributed by atoms with E-state index in [1.165, 1.54) is 0 Å². The summed E-state index contributed by atoms with van der Waals surface area (Å²) in [5.74, 6) is -0.450. The highest BCUT2D eigenvalue weighted by Gasteiger charge is 2.33. The lowest BCUT2D eigenvalue weighted by atomic mass is 9.83. The second-order valence-corrected chi connectivity index (χ2v) is 5.78. The molecule has 1 fully saturated rings. The predicted octanol–water partition coefficient (Wildman–Crippen LogP) is 1.80. The van der Waals surface area contributed by atoms with Gasteiger partial charge in [0, 0.05) is 12.7 Å². The molecule has 6 nitrogen and oxygen atoms in total. The van der Waals surface area contributed by atoms with Gasteiger partial charge in [-0.3, -0.25) is 9.59 Å². The lowest BCUT2D eigenvalue weighted by Gasteiger charge is -2.31. The normalized spacial score (nSPS) is 16.0. The van der Waals surface area contributed by atoms with Gasteiger partial charge in [-0.25, -0.2) is 0 Å². The van der Waals surface area contributed by atoms with Gasteiger partial charge >= 0.3 is 0 Å². The van der Waals surface area contributed by atoms with Crippen molar-refractivity contribution < 1.29 is 9.59 Å². The Bertz CT molecular complexity index is 615. The standard InChI is InChI=1S/C17H22N4O2/c1-19-16(23)13-7-3-4-8-14(13)20-11-15(22)21-17(12-18)9-5-2-6-10-17/h3-4,7-8,20H,2,5-6,9-11H2,1H3,(H,19,23)(H,21,22). The number of hydrogen-bond acceptors (Lipinski definition) is 4. The molecule has 1 aliphatic rings. The third kappa shape index (κ3) is 4.22. The van der Waals surface area contributed by atoms with E-state index in [2.05, 4.69) is 22.0 Å². The van der Waals surface area contributed by atoms with E-state index in [9.17, 15) is 14.9 Å². The fraction of sp³-hybridized carbons (Fsp3) is 0.471. The summed E-state index contributed by atoms with van der Waals surface area (Å²) in [6, 6.07) is 9.26. The van der Waals surface area contributed by atoms with Crippen molar-refractivity contribution in [3.8, 4) is 6.07 Å². The largest absolute Gasteiger partial charge is 0.376 e. The summed E-state index contributed by atoms with van der Waals surface area (Å²) in [4.78, 5) is 24.0. The number of nitriles is 1. The average Bonchev–Trinajstić information content (AvgIpc) is 2.60. The first-order valence-corrected chi connectivity index (χ1v) is 7.87. The predicted molar refractivity (Wildman–Crippen MR) is 87.9 cm³/mol.